The van der Waals surface area contributed by atoms with Crippen molar-refractivity contribution in [3.8, 4) is 0 Å². The topological polar surface area (TPSA) is 95.8 Å². The van der Waals surface area contributed by atoms with E-state index in [2.05, 4.69) is 30.4 Å². The Morgan fingerprint density at radius 1 is 1.33 bits per heavy atom. The molecule has 1 aliphatic carbocycles. The molecule has 0 bridgehead atoms. The van der Waals surface area contributed by atoms with Gasteiger partial charge in [-0.1, -0.05) is 0 Å². The van der Waals surface area contributed by atoms with Crippen LogP contribution in [0.5, 0.6) is 0 Å². The minimum atomic E-state index is -0.0974. The average molecular weight is 330 g/mol. The van der Waals surface area contributed by atoms with E-state index < -0.39 is 0 Å². The summed E-state index contributed by atoms with van der Waals surface area (Å²) in [7, 11) is 3.75. The summed E-state index contributed by atoms with van der Waals surface area (Å²) >= 11 is 0. The molecule has 1 unspecified atom stereocenters. The molecule has 2 aromatic rings. The summed E-state index contributed by atoms with van der Waals surface area (Å²) < 4.78 is 1.96. The van der Waals surface area contributed by atoms with Gasteiger partial charge in [0.25, 0.3) is 5.56 Å². The Balaban J connectivity index is 1.46. The zero-order chi connectivity index (χ0) is 16.7. The van der Waals surface area contributed by atoms with E-state index in [1.165, 1.54) is 12.8 Å². The van der Waals surface area contributed by atoms with Gasteiger partial charge in [-0.05, 0) is 36.2 Å². The molecule has 1 aliphatic heterocycles. The molecular weight excluding hydrogens is 308 g/mol. The lowest BCUT2D eigenvalue weighted by Crippen LogP contribution is -2.24. The van der Waals surface area contributed by atoms with Crippen LogP contribution in [0.1, 0.15) is 42.7 Å². The quantitative estimate of drug-likeness (QED) is 0.833. The molecule has 9 heteroatoms. The number of hydrogen-bond donors (Lipinski definition) is 1. The predicted molar refractivity (Wildman–Crippen MR) is 87.9 cm³/mol. The van der Waals surface area contributed by atoms with Crippen molar-refractivity contribution >= 4 is 5.95 Å². The van der Waals surface area contributed by atoms with E-state index >= 15 is 0 Å². The maximum absolute atomic E-state index is 11.9. The van der Waals surface area contributed by atoms with E-state index in [0.717, 1.165) is 37.6 Å². The highest BCUT2D eigenvalue weighted by molar-refractivity contribution is 5.28. The fourth-order valence-corrected chi connectivity index (χ4v) is 3.22. The first-order valence-electron chi connectivity index (χ1n) is 8.38. The number of hydrogen-bond acceptors (Lipinski definition) is 7. The first kappa shape index (κ1) is 15.3. The molecule has 128 valence electrons. The van der Waals surface area contributed by atoms with Crippen LogP contribution in [0.3, 0.4) is 0 Å². The fraction of sp³-hybridized carbons (Fsp3) is 0.667. The third kappa shape index (κ3) is 3.03. The molecule has 9 nitrogen and oxygen atoms in total. The van der Waals surface area contributed by atoms with Crippen LogP contribution in [0.25, 0.3) is 0 Å². The summed E-state index contributed by atoms with van der Waals surface area (Å²) in [5.41, 5.74) is 0.770. The van der Waals surface area contributed by atoms with Crippen molar-refractivity contribution < 1.29 is 0 Å². The maximum Gasteiger partial charge on any atom is 0.252 e. The third-order valence-corrected chi connectivity index (χ3v) is 4.68. The van der Waals surface area contributed by atoms with Crippen molar-refractivity contribution in [2.24, 2.45) is 0 Å². The van der Waals surface area contributed by atoms with Crippen LogP contribution >= 0.6 is 0 Å². The van der Waals surface area contributed by atoms with Gasteiger partial charge in [-0.25, -0.2) is 9.67 Å². The number of nitrogens with zero attached hydrogens (tertiary/aromatic N) is 7. The van der Waals surface area contributed by atoms with Gasteiger partial charge in [-0.3, -0.25) is 14.7 Å². The number of aromatic amines is 1. The van der Waals surface area contributed by atoms with Gasteiger partial charge in [0.2, 0.25) is 5.95 Å². The molecule has 1 N–H and O–H groups in total. The van der Waals surface area contributed by atoms with E-state index in [1.54, 1.807) is 6.07 Å². The number of nitrogens with one attached hydrogen (secondary N) is 1. The summed E-state index contributed by atoms with van der Waals surface area (Å²) in [6.45, 7) is 2.60. The molecule has 2 aliphatic rings. The van der Waals surface area contributed by atoms with Crippen LogP contribution in [-0.2, 0) is 6.54 Å². The summed E-state index contributed by atoms with van der Waals surface area (Å²) in [5, 5.41) is 12.1. The molecule has 1 saturated heterocycles. The predicted octanol–water partition coefficient (Wildman–Crippen LogP) is 0.147. The van der Waals surface area contributed by atoms with Crippen LogP contribution in [0, 0.1) is 0 Å². The Bertz CT molecular complexity index is 778. The molecule has 0 radical (unpaired) electrons. The van der Waals surface area contributed by atoms with Crippen molar-refractivity contribution in [2.75, 3.05) is 32.1 Å². The first-order chi connectivity index (χ1) is 11.6. The number of likely N-dealkylation sites (tertiary alicyclic amines) is 1. The minimum absolute atomic E-state index is 0.0974. The van der Waals surface area contributed by atoms with Crippen LogP contribution in [0.4, 0.5) is 5.95 Å². The van der Waals surface area contributed by atoms with Crippen LogP contribution in [-0.4, -0.2) is 62.3 Å². The molecule has 0 amide bonds. The van der Waals surface area contributed by atoms with Gasteiger partial charge >= 0.3 is 0 Å². The second-order valence-electron chi connectivity index (χ2n) is 6.88. The molecule has 0 aromatic carbocycles. The molecule has 1 saturated carbocycles. The normalized spacial score (nSPS) is 21.3. The summed E-state index contributed by atoms with van der Waals surface area (Å²) in [6, 6.07) is 2.11. The SMILES string of the molecule is CN(C)c1nc(C2CCN(Cc3nnnn3C3CC3)C2)cc(=O)[nH]1. The molecule has 0 spiro atoms. The number of H-pyrrole nitrogens is 1. The van der Waals surface area contributed by atoms with Gasteiger partial charge in [-0.2, -0.15) is 0 Å². The fourth-order valence-electron chi connectivity index (χ4n) is 3.22. The second kappa shape index (κ2) is 5.97. The molecule has 2 aromatic heterocycles. The second-order valence-corrected chi connectivity index (χ2v) is 6.88. The van der Waals surface area contributed by atoms with E-state index in [1.807, 2.05) is 23.7 Å². The van der Waals surface area contributed by atoms with Crippen molar-refractivity contribution in [3.05, 3.63) is 27.9 Å². The maximum atomic E-state index is 11.9. The van der Waals surface area contributed by atoms with Crippen LogP contribution in [0.2, 0.25) is 0 Å². The highest BCUT2D eigenvalue weighted by Gasteiger charge is 2.31. The highest BCUT2D eigenvalue weighted by Crippen LogP contribution is 2.35. The standard InChI is InChI=1S/C15H22N8O/c1-21(2)15-16-12(7-14(24)17-15)10-5-6-22(8-10)9-13-18-19-20-23(13)11-3-4-11/h7,10-11H,3-6,8-9H2,1-2H3,(H,16,17,24). The van der Waals surface area contributed by atoms with Crippen LogP contribution < -0.4 is 10.5 Å². The van der Waals surface area contributed by atoms with Crippen molar-refractivity contribution in [2.45, 2.75) is 37.8 Å². The smallest absolute Gasteiger partial charge is 0.252 e. The number of tetrazole rings is 1. The van der Waals surface area contributed by atoms with Gasteiger partial charge in [0.1, 0.15) is 0 Å². The first-order valence-corrected chi connectivity index (χ1v) is 8.38. The van der Waals surface area contributed by atoms with Gasteiger partial charge in [0.15, 0.2) is 5.82 Å². The largest absolute Gasteiger partial charge is 0.348 e. The molecule has 3 heterocycles. The molecule has 24 heavy (non-hydrogen) atoms. The Kier molecular flexibility index (Phi) is 3.79. The van der Waals surface area contributed by atoms with Gasteiger partial charge in [0.05, 0.1) is 18.3 Å². The lowest BCUT2D eigenvalue weighted by Gasteiger charge is -2.16. The molecule has 4 rings (SSSR count). The summed E-state index contributed by atoms with van der Waals surface area (Å²) in [6.07, 6.45) is 3.34. The van der Waals surface area contributed by atoms with Gasteiger partial charge < -0.3 is 4.90 Å². The number of anilines is 1. The van der Waals surface area contributed by atoms with Crippen LogP contribution in [0.15, 0.2) is 10.9 Å². The third-order valence-electron chi connectivity index (χ3n) is 4.68. The molecule has 1 atom stereocenters. The number of rotatable bonds is 5. The molecule has 2 fully saturated rings. The summed E-state index contributed by atoms with van der Waals surface area (Å²) in [4.78, 5) is 23.4. The van der Waals surface area contributed by atoms with Crippen molar-refractivity contribution in [3.63, 3.8) is 0 Å². The van der Waals surface area contributed by atoms with E-state index in [9.17, 15) is 4.79 Å². The number of aromatic nitrogens is 6. The van der Waals surface area contributed by atoms with E-state index in [-0.39, 0.29) is 11.5 Å². The zero-order valence-corrected chi connectivity index (χ0v) is 14.0. The summed E-state index contributed by atoms with van der Waals surface area (Å²) in [5.74, 6) is 1.82. The Labute approximate surface area is 139 Å². The highest BCUT2D eigenvalue weighted by atomic mass is 16.1. The Hall–Kier alpha value is -2.29. The molecular formula is C15H22N8O. The monoisotopic (exact) mass is 330 g/mol. The van der Waals surface area contributed by atoms with Gasteiger partial charge in [-0.15, -0.1) is 5.10 Å². The Morgan fingerprint density at radius 3 is 2.92 bits per heavy atom. The zero-order valence-electron chi connectivity index (χ0n) is 14.0. The van der Waals surface area contributed by atoms with Crippen molar-refractivity contribution in [1.29, 1.82) is 0 Å². The minimum Gasteiger partial charge on any atom is -0.348 e. The van der Waals surface area contributed by atoms with E-state index in [0.29, 0.717) is 12.0 Å². The lowest BCUT2D eigenvalue weighted by molar-refractivity contribution is 0.309. The Morgan fingerprint density at radius 2 is 2.17 bits per heavy atom. The van der Waals surface area contributed by atoms with Crippen molar-refractivity contribution in [1.82, 2.24) is 35.1 Å². The lowest BCUT2D eigenvalue weighted by atomic mass is 10.1. The van der Waals surface area contributed by atoms with E-state index in [4.69, 9.17) is 0 Å². The average Bonchev–Trinajstić information content (AvgIpc) is 3.11. The van der Waals surface area contributed by atoms with Gasteiger partial charge in [0, 0.05) is 32.6 Å².